The summed E-state index contributed by atoms with van der Waals surface area (Å²) in [5.41, 5.74) is 0. The van der Waals surface area contributed by atoms with Gasteiger partial charge in [-0.2, -0.15) is 0 Å². The maximum atomic E-state index is 10.3. The molecule has 3 nitrogen and oxygen atoms in total. The maximum Gasteiger partial charge on any atom is 0.701 e. The van der Waals surface area contributed by atoms with E-state index in [1.807, 2.05) is 0 Å². The Morgan fingerprint density at radius 1 is 1.44 bits per heavy atom. The minimum absolute atomic E-state index is 1.18. The zero-order valence-corrected chi connectivity index (χ0v) is 7.47. The summed E-state index contributed by atoms with van der Waals surface area (Å²) in [6, 6.07) is 0. The molecule has 0 aromatic rings. The molecule has 0 aromatic carbocycles. The minimum atomic E-state index is -2.31. The Balaban J connectivity index is 3.60. The molecule has 0 radical (unpaired) electrons. The molecule has 54 valence electrons. The lowest BCUT2D eigenvalue weighted by molar-refractivity contribution is 0.256. The summed E-state index contributed by atoms with van der Waals surface area (Å²) in [6.45, 7) is 0. The van der Waals surface area contributed by atoms with Gasteiger partial charge < -0.3 is 0 Å². The molecule has 0 aliphatic rings. The third-order valence-electron chi connectivity index (χ3n) is 0.327. The first-order valence-corrected chi connectivity index (χ1v) is 3.96. The van der Waals surface area contributed by atoms with Crippen molar-refractivity contribution in [2.75, 3.05) is 7.11 Å². The van der Waals surface area contributed by atoms with Crippen molar-refractivity contribution in [3.63, 3.8) is 0 Å². The van der Waals surface area contributed by atoms with Crippen molar-refractivity contribution in [3.05, 3.63) is 0 Å². The van der Waals surface area contributed by atoms with E-state index in [1.54, 1.807) is 0 Å². The Hall–Kier alpha value is 0.890. The van der Waals surface area contributed by atoms with Crippen LogP contribution >= 0.6 is 43.1 Å². The SMILES string of the molecule is CO[P+](=O)OC(Cl)(Cl)Cl. The molecule has 0 saturated heterocycles. The van der Waals surface area contributed by atoms with Crippen LogP contribution in [0.25, 0.3) is 0 Å². The quantitative estimate of drug-likeness (QED) is 0.521. The monoisotopic (exact) mass is 211 g/mol. The Morgan fingerprint density at radius 2 is 1.89 bits per heavy atom. The van der Waals surface area contributed by atoms with Crippen molar-refractivity contribution in [1.82, 2.24) is 0 Å². The molecule has 0 aromatic heterocycles. The summed E-state index contributed by atoms with van der Waals surface area (Å²) in [5, 5.41) is 0. The van der Waals surface area contributed by atoms with Crippen LogP contribution < -0.4 is 0 Å². The summed E-state index contributed by atoms with van der Waals surface area (Å²) >= 11 is 15.2. The largest absolute Gasteiger partial charge is 0.701 e. The van der Waals surface area contributed by atoms with E-state index in [1.165, 1.54) is 7.11 Å². The highest BCUT2D eigenvalue weighted by Gasteiger charge is 2.35. The second-order valence-electron chi connectivity index (χ2n) is 0.943. The van der Waals surface area contributed by atoms with Gasteiger partial charge in [0.2, 0.25) is 0 Å². The van der Waals surface area contributed by atoms with Crippen molar-refractivity contribution in [2.24, 2.45) is 0 Å². The molecule has 0 bridgehead atoms. The molecule has 0 aliphatic carbocycles. The van der Waals surface area contributed by atoms with Gasteiger partial charge in [0.1, 0.15) is 0 Å². The van der Waals surface area contributed by atoms with E-state index in [9.17, 15) is 4.57 Å². The molecule has 1 unspecified atom stereocenters. The molecule has 1 atom stereocenters. The van der Waals surface area contributed by atoms with Crippen LogP contribution in [0.1, 0.15) is 0 Å². The van der Waals surface area contributed by atoms with Crippen LogP contribution in [-0.2, 0) is 13.6 Å². The molecule has 0 heterocycles. The van der Waals surface area contributed by atoms with E-state index in [0.717, 1.165) is 0 Å². The van der Waals surface area contributed by atoms with Crippen LogP contribution in [0.4, 0.5) is 0 Å². The third-order valence-corrected chi connectivity index (χ3v) is 1.60. The fourth-order valence-electron chi connectivity index (χ4n) is 0.122. The van der Waals surface area contributed by atoms with Gasteiger partial charge in [0.05, 0.1) is 7.11 Å². The number of rotatable bonds is 2. The van der Waals surface area contributed by atoms with Crippen LogP contribution in [0.15, 0.2) is 0 Å². The van der Waals surface area contributed by atoms with E-state index in [0.29, 0.717) is 0 Å². The lowest BCUT2D eigenvalue weighted by Crippen LogP contribution is -2.02. The highest BCUT2D eigenvalue weighted by Crippen LogP contribution is 2.38. The van der Waals surface area contributed by atoms with Gasteiger partial charge in [-0.15, -0.1) is 4.52 Å². The summed E-state index contributed by atoms with van der Waals surface area (Å²) in [6.07, 6.45) is 0. The average molecular weight is 212 g/mol. The molecule has 0 amide bonds. The van der Waals surface area contributed by atoms with Gasteiger partial charge in [-0.05, 0) is 34.8 Å². The van der Waals surface area contributed by atoms with Crippen molar-refractivity contribution in [3.8, 4) is 0 Å². The van der Waals surface area contributed by atoms with Crippen molar-refractivity contribution >= 4 is 43.1 Å². The standard InChI is InChI=1S/C2H3Cl3O3P/c1-7-9(6)8-2(3,4)5/h1H3/q+1. The second-order valence-corrected chi connectivity index (χ2v) is 4.12. The van der Waals surface area contributed by atoms with Crippen LogP contribution in [0.3, 0.4) is 0 Å². The highest BCUT2D eigenvalue weighted by molar-refractivity contribution is 7.33. The summed E-state index contributed by atoms with van der Waals surface area (Å²) in [5.74, 6) is 0. The predicted molar refractivity (Wildman–Crippen MR) is 36.0 cm³/mol. The van der Waals surface area contributed by atoms with Crippen molar-refractivity contribution in [2.45, 2.75) is 3.98 Å². The fourth-order valence-corrected chi connectivity index (χ4v) is 0.872. The first kappa shape index (κ1) is 9.89. The number of halogens is 3. The Labute approximate surface area is 68.1 Å². The zero-order valence-electron chi connectivity index (χ0n) is 4.31. The van der Waals surface area contributed by atoms with Crippen LogP contribution in [0, 0.1) is 0 Å². The van der Waals surface area contributed by atoms with Gasteiger partial charge in [-0.25, -0.2) is 0 Å². The summed E-state index contributed by atoms with van der Waals surface area (Å²) < 4.78 is 16.6. The van der Waals surface area contributed by atoms with E-state index >= 15 is 0 Å². The number of hydrogen-bond donors (Lipinski definition) is 0. The fraction of sp³-hybridized carbons (Fsp3) is 1.00. The average Bonchev–Trinajstić information content (AvgIpc) is 1.62. The van der Waals surface area contributed by atoms with Crippen molar-refractivity contribution in [1.29, 1.82) is 0 Å². The lowest BCUT2D eigenvalue weighted by atomic mass is 11.7. The highest BCUT2D eigenvalue weighted by atomic mass is 35.6. The summed E-state index contributed by atoms with van der Waals surface area (Å²) in [7, 11) is -1.14. The first-order chi connectivity index (χ1) is 3.95. The second kappa shape index (κ2) is 3.91. The molecule has 0 aliphatic heterocycles. The molecule has 0 fully saturated rings. The van der Waals surface area contributed by atoms with E-state index in [4.69, 9.17) is 34.8 Å². The van der Waals surface area contributed by atoms with Gasteiger partial charge in [-0.1, -0.05) is 4.52 Å². The van der Waals surface area contributed by atoms with Gasteiger partial charge >= 0.3 is 12.2 Å². The number of hydrogen-bond acceptors (Lipinski definition) is 3. The van der Waals surface area contributed by atoms with E-state index in [2.05, 4.69) is 9.05 Å². The maximum absolute atomic E-state index is 10.3. The van der Waals surface area contributed by atoms with E-state index in [-0.39, 0.29) is 0 Å². The molecule has 0 spiro atoms. The van der Waals surface area contributed by atoms with E-state index < -0.39 is 12.2 Å². The smallest absolute Gasteiger partial charge is 0.122 e. The molecule has 9 heavy (non-hydrogen) atoms. The predicted octanol–water partition coefficient (Wildman–Crippen LogP) is 2.63. The Kier molecular flexibility index (Phi) is 4.30. The molecule has 7 heteroatoms. The van der Waals surface area contributed by atoms with Crippen LogP contribution in [-0.4, -0.2) is 11.1 Å². The van der Waals surface area contributed by atoms with Gasteiger partial charge in [0, 0.05) is 4.57 Å². The Morgan fingerprint density at radius 3 is 2.00 bits per heavy atom. The normalized spacial score (nSPS) is 13.6. The molecular formula is C2H3Cl3O3P+. The minimum Gasteiger partial charge on any atom is -0.122 e. The first-order valence-electron chi connectivity index (χ1n) is 1.73. The molecule has 0 saturated carbocycles. The molecule has 0 N–H and O–H groups in total. The number of alkyl halides is 3. The molecule has 0 rings (SSSR count). The lowest BCUT2D eigenvalue weighted by Gasteiger charge is -1.97. The Bertz CT molecular complexity index is 110. The third kappa shape index (κ3) is 6.78. The summed E-state index contributed by atoms with van der Waals surface area (Å²) in [4.78, 5) is 0. The van der Waals surface area contributed by atoms with Gasteiger partial charge in [0.25, 0.3) is 0 Å². The van der Waals surface area contributed by atoms with Crippen LogP contribution in [0.5, 0.6) is 0 Å². The topological polar surface area (TPSA) is 35.5 Å². The zero-order chi connectivity index (χ0) is 7.49. The van der Waals surface area contributed by atoms with Crippen LogP contribution in [0.2, 0.25) is 0 Å². The molecular weight excluding hydrogens is 209 g/mol. The van der Waals surface area contributed by atoms with Gasteiger partial charge in [0.15, 0.2) is 0 Å². The van der Waals surface area contributed by atoms with Crippen molar-refractivity contribution < 1.29 is 13.6 Å². The van der Waals surface area contributed by atoms with Gasteiger partial charge in [-0.3, -0.25) is 0 Å².